The minimum Gasteiger partial charge on any atom is -0.508 e. The third-order valence-corrected chi connectivity index (χ3v) is 4.23. The van der Waals surface area contributed by atoms with Crippen molar-refractivity contribution in [3.05, 3.63) is 81.2 Å². The molecule has 6 nitrogen and oxygen atoms in total. The second-order valence-electron chi connectivity index (χ2n) is 6.10. The van der Waals surface area contributed by atoms with Crippen molar-refractivity contribution in [1.29, 1.82) is 5.26 Å². The van der Waals surface area contributed by atoms with Crippen LogP contribution in [0.1, 0.15) is 29.2 Å². The lowest BCUT2D eigenvalue weighted by atomic mass is 10.0. The molecule has 0 aliphatic rings. The number of hydrogen-bond donors (Lipinski definition) is 1. The molecule has 0 aliphatic heterocycles. The lowest BCUT2D eigenvalue weighted by Gasteiger charge is -2.08. The zero-order valence-corrected chi connectivity index (χ0v) is 15.1. The largest absolute Gasteiger partial charge is 0.508 e. The molecular formula is C22H17NO5. The Bertz CT molecular complexity index is 1150. The van der Waals surface area contributed by atoms with Crippen LogP contribution in [0.5, 0.6) is 5.75 Å². The minimum atomic E-state index is -0.588. The summed E-state index contributed by atoms with van der Waals surface area (Å²) in [4.78, 5) is 23.8. The molecule has 2 aromatic carbocycles. The highest BCUT2D eigenvalue weighted by Crippen LogP contribution is 2.27. The molecule has 28 heavy (non-hydrogen) atoms. The van der Waals surface area contributed by atoms with Gasteiger partial charge in [0, 0.05) is 29.2 Å². The molecule has 140 valence electrons. The van der Waals surface area contributed by atoms with Gasteiger partial charge >= 0.3 is 11.6 Å². The van der Waals surface area contributed by atoms with Gasteiger partial charge in [0.15, 0.2) is 0 Å². The third kappa shape index (κ3) is 4.27. The van der Waals surface area contributed by atoms with E-state index < -0.39 is 11.6 Å². The van der Waals surface area contributed by atoms with Gasteiger partial charge in [-0.3, -0.25) is 0 Å². The summed E-state index contributed by atoms with van der Waals surface area (Å²) in [5.41, 5.74) is 2.14. The van der Waals surface area contributed by atoms with Crippen molar-refractivity contribution in [1.82, 2.24) is 0 Å². The van der Waals surface area contributed by atoms with E-state index in [0.29, 0.717) is 28.5 Å². The summed E-state index contributed by atoms with van der Waals surface area (Å²) < 4.78 is 10.4. The van der Waals surface area contributed by atoms with Crippen molar-refractivity contribution in [2.75, 3.05) is 0 Å². The fraction of sp³-hybridized carbons (Fsp3) is 0.136. The number of nitrogens with zero attached hydrogens (tertiary/aromatic N) is 1. The topological polar surface area (TPSA) is 101 Å². The highest BCUT2D eigenvalue weighted by molar-refractivity contribution is 5.87. The first kappa shape index (κ1) is 18.9. The van der Waals surface area contributed by atoms with Gasteiger partial charge in [-0.25, -0.2) is 9.59 Å². The molecule has 0 spiro atoms. The Kier molecular flexibility index (Phi) is 5.56. The molecular weight excluding hydrogens is 358 g/mol. The average molecular weight is 375 g/mol. The first-order chi connectivity index (χ1) is 13.5. The van der Waals surface area contributed by atoms with Crippen LogP contribution >= 0.6 is 0 Å². The lowest BCUT2D eigenvalue weighted by molar-refractivity contribution is -0.138. The summed E-state index contributed by atoms with van der Waals surface area (Å²) in [7, 11) is 0. The van der Waals surface area contributed by atoms with E-state index in [0.717, 1.165) is 5.56 Å². The number of carbonyl (C=O) groups is 1. The van der Waals surface area contributed by atoms with Crippen LogP contribution in [0.15, 0.2) is 57.8 Å². The summed E-state index contributed by atoms with van der Waals surface area (Å²) in [6.45, 7) is 1.79. The zero-order chi connectivity index (χ0) is 20.1. The summed E-state index contributed by atoms with van der Waals surface area (Å²) >= 11 is 0. The molecule has 0 atom stereocenters. The van der Waals surface area contributed by atoms with Gasteiger partial charge < -0.3 is 14.3 Å². The number of benzene rings is 2. The van der Waals surface area contributed by atoms with Crippen LogP contribution in [0.4, 0.5) is 0 Å². The molecule has 1 aromatic heterocycles. The maximum absolute atomic E-state index is 12.0. The predicted molar refractivity (Wildman–Crippen MR) is 104 cm³/mol. The van der Waals surface area contributed by atoms with E-state index >= 15 is 0 Å². The van der Waals surface area contributed by atoms with Gasteiger partial charge in [-0.1, -0.05) is 19.1 Å². The minimum absolute atomic E-state index is 0.0534. The van der Waals surface area contributed by atoms with Crippen LogP contribution < -0.4 is 5.63 Å². The number of phenolic OH excluding ortho intramolecular Hbond substituents is 1. The molecule has 0 saturated carbocycles. The summed E-state index contributed by atoms with van der Waals surface area (Å²) in [6, 6.07) is 13.2. The zero-order valence-electron chi connectivity index (χ0n) is 15.1. The molecule has 1 N–H and O–H groups in total. The van der Waals surface area contributed by atoms with Crippen molar-refractivity contribution < 1.29 is 19.1 Å². The van der Waals surface area contributed by atoms with Crippen LogP contribution in [-0.2, 0) is 22.6 Å². The second-order valence-corrected chi connectivity index (χ2v) is 6.10. The van der Waals surface area contributed by atoms with Gasteiger partial charge in [-0.2, -0.15) is 5.26 Å². The molecule has 0 saturated heterocycles. The lowest BCUT2D eigenvalue weighted by Crippen LogP contribution is -2.06. The number of aryl methyl sites for hydroxylation is 1. The van der Waals surface area contributed by atoms with Gasteiger partial charge in [0.2, 0.25) is 0 Å². The standard InChI is InChI=1S/C22H17NO5/c1-2-16-9-18-17(10-22(26)28-20(18)11-19(16)24)13-27-21(25)8-7-14-3-5-15(12-23)6-4-14/h3-11,24H,2,13H2,1H3/b8-7+. The Morgan fingerprint density at radius 1 is 1.21 bits per heavy atom. The molecule has 0 fully saturated rings. The van der Waals surface area contributed by atoms with E-state index in [-0.39, 0.29) is 17.9 Å². The van der Waals surface area contributed by atoms with Crippen molar-refractivity contribution >= 4 is 23.0 Å². The highest BCUT2D eigenvalue weighted by Gasteiger charge is 2.11. The Morgan fingerprint density at radius 2 is 1.96 bits per heavy atom. The quantitative estimate of drug-likeness (QED) is 0.415. The molecule has 3 aromatic rings. The number of fused-ring (bicyclic) bond motifs is 1. The van der Waals surface area contributed by atoms with Gasteiger partial charge in [-0.15, -0.1) is 0 Å². The van der Waals surface area contributed by atoms with E-state index in [1.807, 2.05) is 13.0 Å². The first-order valence-corrected chi connectivity index (χ1v) is 8.63. The van der Waals surface area contributed by atoms with Gasteiger partial charge in [0.05, 0.1) is 11.6 Å². The third-order valence-electron chi connectivity index (χ3n) is 4.23. The maximum Gasteiger partial charge on any atom is 0.336 e. The molecule has 0 bridgehead atoms. The Morgan fingerprint density at radius 3 is 2.64 bits per heavy atom. The summed E-state index contributed by atoms with van der Waals surface area (Å²) in [6.07, 6.45) is 3.46. The van der Waals surface area contributed by atoms with Crippen LogP contribution in [0.3, 0.4) is 0 Å². The molecule has 3 rings (SSSR count). The summed E-state index contributed by atoms with van der Waals surface area (Å²) in [5.74, 6) is -0.516. The number of carbonyl (C=O) groups excluding carboxylic acids is 1. The number of nitriles is 1. The summed E-state index contributed by atoms with van der Waals surface area (Å²) in [5, 5.41) is 19.3. The normalized spacial score (nSPS) is 10.9. The number of phenols is 1. The van der Waals surface area contributed by atoms with Gasteiger partial charge in [0.1, 0.15) is 17.9 Å². The maximum atomic E-state index is 12.0. The van der Waals surface area contributed by atoms with Crippen molar-refractivity contribution in [3.8, 4) is 11.8 Å². The molecule has 6 heteroatoms. The molecule has 0 radical (unpaired) electrons. The first-order valence-electron chi connectivity index (χ1n) is 8.63. The van der Waals surface area contributed by atoms with Gasteiger partial charge in [0.25, 0.3) is 0 Å². The Balaban J connectivity index is 1.77. The van der Waals surface area contributed by atoms with Crippen molar-refractivity contribution in [3.63, 3.8) is 0 Å². The predicted octanol–water partition coefficient (Wildman–Crippen LogP) is 3.69. The van der Waals surface area contributed by atoms with Crippen LogP contribution in [0, 0.1) is 11.3 Å². The van der Waals surface area contributed by atoms with E-state index in [1.54, 1.807) is 36.4 Å². The SMILES string of the molecule is CCc1cc2c(COC(=O)/C=C/c3ccc(C#N)cc3)cc(=O)oc2cc1O. The Labute approximate surface area is 160 Å². The number of aromatic hydroxyl groups is 1. The van der Waals surface area contributed by atoms with Crippen molar-refractivity contribution in [2.45, 2.75) is 20.0 Å². The fourth-order valence-electron chi connectivity index (χ4n) is 2.74. The highest BCUT2D eigenvalue weighted by atomic mass is 16.5. The molecule has 0 aliphatic carbocycles. The van der Waals surface area contributed by atoms with Crippen molar-refractivity contribution in [2.24, 2.45) is 0 Å². The van der Waals surface area contributed by atoms with Crippen LogP contribution in [0.2, 0.25) is 0 Å². The Hall–Kier alpha value is -3.85. The van der Waals surface area contributed by atoms with E-state index in [2.05, 4.69) is 0 Å². The number of hydrogen-bond acceptors (Lipinski definition) is 6. The average Bonchev–Trinajstić information content (AvgIpc) is 2.70. The fourth-order valence-corrected chi connectivity index (χ4v) is 2.74. The number of ether oxygens (including phenoxy) is 1. The second kappa shape index (κ2) is 8.23. The van der Waals surface area contributed by atoms with E-state index in [9.17, 15) is 14.7 Å². The smallest absolute Gasteiger partial charge is 0.336 e. The van der Waals surface area contributed by atoms with E-state index in [4.69, 9.17) is 14.4 Å². The number of rotatable bonds is 5. The van der Waals surface area contributed by atoms with E-state index in [1.165, 1.54) is 18.2 Å². The van der Waals surface area contributed by atoms with Crippen LogP contribution in [0.25, 0.3) is 17.0 Å². The molecule has 0 unspecified atom stereocenters. The monoisotopic (exact) mass is 375 g/mol. The molecule has 1 heterocycles. The van der Waals surface area contributed by atoms with Gasteiger partial charge in [-0.05, 0) is 41.8 Å². The number of esters is 1. The van der Waals surface area contributed by atoms with Crippen LogP contribution in [-0.4, -0.2) is 11.1 Å². The molecule has 0 amide bonds.